The fourth-order valence-corrected chi connectivity index (χ4v) is 4.97. The smallest absolute Gasteiger partial charge is 0.337 e. The van der Waals surface area contributed by atoms with Crippen molar-refractivity contribution in [1.29, 1.82) is 0 Å². The van der Waals surface area contributed by atoms with Crippen molar-refractivity contribution in [3.63, 3.8) is 0 Å². The molecule has 10 heteroatoms. The van der Waals surface area contributed by atoms with Crippen LogP contribution in [0.1, 0.15) is 34.3 Å². The molecule has 1 aliphatic heterocycles. The summed E-state index contributed by atoms with van der Waals surface area (Å²) in [6.45, 7) is 2.92. The van der Waals surface area contributed by atoms with Gasteiger partial charge in [0.15, 0.2) is 0 Å². The van der Waals surface area contributed by atoms with Gasteiger partial charge in [-0.1, -0.05) is 24.3 Å². The minimum atomic E-state index is -0.414. The molecule has 3 aromatic carbocycles. The molecule has 3 amide bonds. The Morgan fingerprint density at radius 1 is 0.952 bits per heavy atom. The summed E-state index contributed by atoms with van der Waals surface area (Å²) in [5.74, 6) is 0.678. The molecule has 42 heavy (non-hydrogen) atoms. The number of para-hydroxylation sites is 1. The molecule has 0 saturated carbocycles. The lowest BCUT2D eigenvalue weighted by Gasteiger charge is -2.26. The monoisotopic (exact) mass is 574 g/mol. The van der Waals surface area contributed by atoms with E-state index < -0.39 is 5.97 Å². The number of hydrogen-bond donors (Lipinski definition) is 2. The third-order valence-electron chi connectivity index (χ3n) is 7.25. The standard InChI is InChI=1S/C32H38N4O6/c1-21-9-6-7-11-25(21)33-32(39)34-26-14-12-22(17-29(26)40-4)18-30(37)36-16-8-10-24(36)20-42-28-15-13-23(31(38)41-5)19-27(28)35(2)3/h6-7,9,11-15,17,19,24H,8,10,16,18,20H2,1-5H3,(H2,33,34,39). The second-order valence-corrected chi connectivity index (χ2v) is 10.4. The van der Waals surface area contributed by atoms with Gasteiger partial charge in [0.2, 0.25) is 5.91 Å². The number of methoxy groups -OCH3 is 2. The van der Waals surface area contributed by atoms with Crippen LogP contribution in [0, 0.1) is 6.92 Å². The number of urea groups is 1. The molecule has 0 bridgehead atoms. The van der Waals surface area contributed by atoms with E-state index in [0.717, 1.165) is 35.3 Å². The van der Waals surface area contributed by atoms with Gasteiger partial charge >= 0.3 is 12.0 Å². The van der Waals surface area contributed by atoms with Crippen molar-refractivity contribution in [3.05, 3.63) is 77.4 Å². The third-order valence-corrected chi connectivity index (χ3v) is 7.25. The van der Waals surface area contributed by atoms with Crippen molar-refractivity contribution in [2.45, 2.75) is 32.2 Å². The molecule has 0 spiro atoms. The van der Waals surface area contributed by atoms with Gasteiger partial charge in [-0.05, 0) is 67.3 Å². The van der Waals surface area contributed by atoms with E-state index in [0.29, 0.717) is 35.9 Å². The Bertz CT molecular complexity index is 1440. The van der Waals surface area contributed by atoms with E-state index in [-0.39, 0.29) is 24.4 Å². The van der Waals surface area contributed by atoms with Crippen LogP contribution in [0.4, 0.5) is 21.9 Å². The number of anilines is 3. The van der Waals surface area contributed by atoms with E-state index in [9.17, 15) is 14.4 Å². The van der Waals surface area contributed by atoms with E-state index in [1.54, 1.807) is 30.3 Å². The molecular formula is C32H38N4O6. The molecule has 2 N–H and O–H groups in total. The van der Waals surface area contributed by atoms with Gasteiger partial charge in [-0.3, -0.25) is 4.79 Å². The first-order chi connectivity index (χ1) is 20.2. The summed E-state index contributed by atoms with van der Waals surface area (Å²) in [5, 5.41) is 5.66. The number of nitrogens with zero attached hydrogens (tertiary/aromatic N) is 2. The zero-order valence-corrected chi connectivity index (χ0v) is 24.7. The fraction of sp³-hybridized carbons (Fsp3) is 0.344. The Morgan fingerprint density at radius 3 is 2.43 bits per heavy atom. The van der Waals surface area contributed by atoms with E-state index in [1.165, 1.54) is 14.2 Å². The number of rotatable bonds is 10. The second-order valence-electron chi connectivity index (χ2n) is 10.4. The average molecular weight is 575 g/mol. The van der Waals surface area contributed by atoms with E-state index in [2.05, 4.69) is 10.6 Å². The molecule has 222 valence electrons. The average Bonchev–Trinajstić information content (AvgIpc) is 3.46. The van der Waals surface area contributed by atoms with Crippen LogP contribution in [0.15, 0.2) is 60.7 Å². The maximum atomic E-state index is 13.4. The van der Waals surface area contributed by atoms with E-state index in [1.807, 2.05) is 61.2 Å². The number of ether oxygens (including phenoxy) is 3. The molecule has 1 aliphatic rings. The normalized spacial score (nSPS) is 14.2. The highest BCUT2D eigenvalue weighted by Gasteiger charge is 2.30. The number of esters is 1. The summed E-state index contributed by atoms with van der Waals surface area (Å²) in [7, 11) is 6.63. The topological polar surface area (TPSA) is 109 Å². The van der Waals surface area contributed by atoms with Gasteiger partial charge in [-0.15, -0.1) is 0 Å². The first kappa shape index (κ1) is 30.2. The van der Waals surface area contributed by atoms with Crippen LogP contribution in [-0.4, -0.2) is 70.3 Å². The Labute approximate surface area is 246 Å². The molecule has 3 aromatic rings. The van der Waals surface area contributed by atoms with Crippen LogP contribution in [0.2, 0.25) is 0 Å². The molecule has 1 unspecified atom stereocenters. The number of aryl methyl sites for hydroxylation is 1. The summed E-state index contributed by atoms with van der Waals surface area (Å²) in [4.78, 5) is 41.6. The van der Waals surface area contributed by atoms with Crippen LogP contribution in [0.25, 0.3) is 0 Å². The molecule has 1 atom stereocenters. The number of nitrogens with one attached hydrogen (secondary N) is 2. The Balaban J connectivity index is 1.38. The summed E-state index contributed by atoms with van der Waals surface area (Å²) in [5.41, 5.74) is 4.14. The molecule has 0 aliphatic carbocycles. The lowest BCUT2D eigenvalue weighted by Crippen LogP contribution is -2.40. The number of benzene rings is 3. The molecule has 0 radical (unpaired) electrons. The number of carbonyl (C=O) groups is 3. The van der Waals surface area contributed by atoms with Crippen molar-refractivity contribution in [3.8, 4) is 11.5 Å². The Hall–Kier alpha value is -4.73. The highest BCUT2D eigenvalue weighted by molar-refractivity contribution is 6.01. The molecule has 1 fully saturated rings. The van der Waals surface area contributed by atoms with Crippen LogP contribution in [0.3, 0.4) is 0 Å². The zero-order chi connectivity index (χ0) is 30.2. The lowest BCUT2D eigenvalue weighted by molar-refractivity contribution is -0.131. The van der Waals surface area contributed by atoms with Gasteiger partial charge in [0.1, 0.15) is 18.1 Å². The number of amides is 3. The summed E-state index contributed by atoms with van der Waals surface area (Å²) < 4.78 is 16.5. The second kappa shape index (κ2) is 13.8. The van der Waals surface area contributed by atoms with Crippen molar-refractivity contribution in [1.82, 2.24) is 4.90 Å². The molecule has 1 saturated heterocycles. The lowest BCUT2D eigenvalue weighted by atomic mass is 10.1. The van der Waals surface area contributed by atoms with Crippen molar-refractivity contribution in [2.24, 2.45) is 0 Å². The first-order valence-electron chi connectivity index (χ1n) is 13.8. The SMILES string of the molecule is COC(=O)c1ccc(OCC2CCCN2C(=O)Cc2ccc(NC(=O)Nc3ccccc3C)c(OC)c2)c(N(C)C)c1. The van der Waals surface area contributed by atoms with Gasteiger partial charge in [0.25, 0.3) is 0 Å². The van der Waals surface area contributed by atoms with Crippen molar-refractivity contribution < 1.29 is 28.6 Å². The van der Waals surface area contributed by atoms with Crippen LogP contribution >= 0.6 is 0 Å². The summed E-state index contributed by atoms with van der Waals surface area (Å²) in [6.07, 6.45) is 1.93. The third kappa shape index (κ3) is 7.31. The molecule has 1 heterocycles. The van der Waals surface area contributed by atoms with Gasteiger partial charge in [-0.25, -0.2) is 9.59 Å². The maximum absolute atomic E-state index is 13.4. The van der Waals surface area contributed by atoms with Gasteiger partial charge in [-0.2, -0.15) is 0 Å². The predicted molar refractivity (Wildman–Crippen MR) is 163 cm³/mol. The molecule has 10 nitrogen and oxygen atoms in total. The van der Waals surface area contributed by atoms with E-state index >= 15 is 0 Å². The van der Waals surface area contributed by atoms with Crippen molar-refractivity contribution in [2.75, 3.05) is 57.0 Å². The van der Waals surface area contributed by atoms with Gasteiger partial charge < -0.3 is 34.6 Å². The predicted octanol–water partition coefficient (Wildman–Crippen LogP) is 5.11. The number of likely N-dealkylation sites (tertiary alicyclic amines) is 1. The van der Waals surface area contributed by atoms with Gasteiger partial charge in [0.05, 0.1) is 43.6 Å². The zero-order valence-electron chi connectivity index (χ0n) is 24.7. The van der Waals surface area contributed by atoms with Crippen LogP contribution in [0.5, 0.6) is 11.5 Å². The van der Waals surface area contributed by atoms with Gasteiger partial charge in [0, 0.05) is 26.3 Å². The Morgan fingerprint density at radius 2 is 1.71 bits per heavy atom. The quantitative estimate of drug-likeness (QED) is 0.324. The number of carbonyl (C=O) groups excluding carboxylic acids is 3. The number of hydrogen-bond acceptors (Lipinski definition) is 7. The summed E-state index contributed by atoms with van der Waals surface area (Å²) >= 11 is 0. The maximum Gasteiger partial charge on any atom is 0.337 e. The van der Waals surface area contributed by atoms with E-state index in [4.69, 9.17) is 14.2 Å². The molecule has 4 rings (SSSR count). The minimum Gasteiger partial charge on any atom is -0.495 e. The van der Waals surface area contributed by atoms with Crippen LogP contribution < -0.4 is 25.0 Å². The largest absolute Gasteiger partial charge is 0.495 e. The summed E-state index contributed by atoms with van der Waals surface area (Å²) in [6, 6.07) is 17.6. The highest BCUT2D eigenvalue weighted by atomic mass is 16.5. The molecular weight excluding hydrogens is 536 g/mol. The first-order valence-corrected chi connectivity index (χ1v) is 13.8. The molecule has 0 aromatic heterocycles. The van der Waals surface area contributed by atoms with Crippen LogP contribution in [-0.2, 0) is 16.0 Å². The Kier molecular flexibility index (Phi) is 9.90. The highest BCUT2D eigenvalue weighted by Crippen LogP contribution is 2.31. The van der Waals surface area contributed by atoms with Crippen molar-refractivity contribution >= 4 is 35.0 Å². The minimum absolute atomic E-state index is 0.00460. The fourth-order valence-electron chi connectivity index (χ4n) is 4.97.